The van der Waals surface area contributed by atoms with Gasteiger partial charge >= 0.3 is 12.3 Å². The summed E-state index contributed by atoms with van der Waals surface area (Å²) < 4.78 is 32.7. The standard InChI is InChI=1S/C49H71N3O12S2/c1-34(2)19-15-11-13-17-21-38(53)26-23-36-24-27-39(41(29-36)59-9)61-48(57)63-43(46(55)51(5)6)32-65-66-33-44(47(56)52(7)8)64-49(58)62-40-28-25-37(30-42(40)60-10)31-50-45(54)22-18-14-12-16-20-35(3)4/h15-16,19-20,24-25,27-30,34-35,43-44H,11-14,17-18,21-23,26,31-33H2,1-10H3,(H,50,54)/b19-15+,20-16+. The molecule has 0 aliphatic heterocycles. The number of ketones is 1. The van der Waals surface area contributed by atoms with Crippen molar-refractivity contribution >= 4 is 57.4 Å². The Labute approximate surface area is 399 Å². The molecule has 17 heteroatoms. The second-order valence-electron chi connectivity index (χ2n) is 16.6. The third-order valence-corrected chi connectivity index (χ3v) is 12.0. The highest BCUT2D eigenvalue weighted by Gasteiger charge is 2.29. The number of carbonyl (C=O) groups is 6. The van der Waals surface area contributed by atoms with Gasteiger partial charge in [0.15, 0.2) is 35.2 Å². The third kappa shape index (κ3) is 23.3. The molecule has 2 rings (SSSR count). The maximum atomic E-state index is 13.1. The molecule has 0 spiro atoms. The van der Waals surface area contributed by atoms with Crippen LogP contribution >= 0.6 is 21.6 Å². The second kappa shape index (κ2) is 31.7. The summed E-state index contributed by atoms with van der Waals surface area (Å²) in [6, 6.07) is 9.79. The van der Waals surface area contributed by atoms with Crippen molar-refractivity contribution in [3.63, 3.8) is 0 Å². The minimum atomic E-state index is -1.28. The SMILES string of the molecule is COc1cc(CCC(=O)CCCC/C=C/C(C)C)ccc1OC(=O)OC(CSSCC(OC(=O)Oc1ccc(CNC(=O)CCCC/C=C/C(C)C)cc1OC)C(=O)N(C)C)C(=O)N(C)C. The number of nitrogens with zero attached hydrogens (tertiary/aromatic N) is 2. The van der Waals surface area contributed by atoms with Gasteiger partial charge in [-0.15, -0.1) is 0 Å². The highest BCUT2D eigenvalue weighted by molar-refractivity contribution is 8.76. The lowest BCUT2D eigenvalue weighted by atomic mass is 10.0. The maximum Gasteiger partial charge on any atom is 0.514 e. The number of amides is 3. The minimum Gasteiger partial charge on any atom is -0.493 e. The highest BCUT2D eigenvalue weighted by atomic mass is 33.1. The summed E-state index contributed by atoms with van der Waals surface area (Å²) in [7, 11) is 11.1. The van der Waals surface area contributed by atoms with E-state index in [1.807, 2.05) is 0 Å². The van der Waals surface area contributed by atoms with Gasteiger partial charge in [0.2, 0.25) is 5.91 Å². The van der Waals surface area contributed by atoms with Crippen LogP contribution in [-0.4, -0.2) is 112 Å². The Kier molecular flexibility index (Phi) is 27.4. The number of likely N-dealkylation sites (N-methyl/N-ethyl adjacent to an activating group) is 2. The van der Waals surface area contributed by atoms with Gasteiger partial charge < -0.3 is 43.5 Å². The fourth-order valence-electron chi connectivity index (χ4n) is 5.99. The summed E-state index contributed by atoms with van der Waals surface area (Å²) in [6.45, 7) is 8.76. The van der Waals surface area contributed by atoms with Gasteiger partial charge in [0.25, 0.3) is 11.8 Å². The van der Waals surface area contributed by atoms with Crippen LogP contribution in [0.15, 0.2) is 60.7 Å². The Morgan fingerprint density at radius 1 is 0.606 bits per heavy atom. The van der Waals surface area contributed by atoms with Gasteiger partial charge in [-0.3, -0.25) is 19.2 Å². The van der Waals surface area contributed by atoms with E-state index in [0.29, 0.717) is 37.5 Å². The molecule has 2 aromatic carbocycles. The summed E-state index contributed by atoms with van der Waals surface area (Å²) >= 11 is 0. The molecule has 0 saturated heterocycles. The van der Waals surface area contributed by atoms with Crippen LogP contribution in [0.4, 0.5) is 9.59 Å². The number of allylic oxidation sites excluding steroid dienone is 4. The summed E-state index contributed by atoms with van der Waals surface area (Å²) in [5.74, 6) is 0.621. The van der Waals surface area contributed by atoms with E-state index in [4.69, 9.17) is 28.4 Å². The van der Waals surface area contributed by atoms with Gasteiger partial charge in [-0.25, -0.2) is 9.59 Å². The lowest BCUT2D eigenvalue weighted by Crippen LogP contribution is -2.40. The van der Waals surface area contributed by atoms with Gasteiger partial charge in [-0.2, -0.15) is 0 Å². The molecule has 1 N–H and O–H groups in total. The molecule has 0 radical (unpaired) electrons. The van der Waals surface area contributed by atoms with Crippen molar-refractivity contribution in [1.29, 1.82) is 0 Å². The van der Waals surface area contributed by atoms with Crippen molar-refractivity contribution < 1.29 is 57.2 Å². The van der Waals surface area contributed by atoms with Crippen LogP contribution in [0.2, 0.25) is 0 Å². The summed E-state index contributed by atoms with van der Waals surface area (Å²) in [4.78, 5) is 79.6. The van der Waals surface area contributed by atoms with Crippen LogP contribution in [0.5, 0.6) is 23.0 Å². The highest BCUT2D eigenvalue weighted by Crippen LogP contribution is 2.31. The zero-order chi connectivity index (χ0) is 49.0. The molecule has 0 saturated carbocycles. The number of methoxy groups -OCH3 is 2. The first kappa shape index (κ1) is 57.0. The van der Waals surface area contributed by atoms with Gasteiger partial charge in [0, 0.05) is 54.0 Å². The predicted molar refractivity (Wildman–Crippen MR) is 260 cm³/mol. The number of unbranched alkanes of at least 4 members (excludes halogenated alkanes) is 4. The van der Waals surface area contributed by atoms with E-state index in [-0.39, 0.29) is 52.7 Å². The third-order valence-electron chi connectivity index (χ3n) is 9.60. The van der Waals surface area contributed by atoms with Crippen molar-refractivity contribution in [2.45, 2.75) is 111 Å². The first-order valence-electron chi connectivity index (χ1n) is 22.3. The van der Waals surface area contributed by atoms with Crippen LogP contribution in [0, 0.1) is 11.8 Å². The molecule has 0 fully saturated rings. The number of aryl methyl sites for hydroxylation is 1. The van der Waals surface area contributed by atoms with E-state index < -0.39 is 36.3 Å². The lowest BCUT2D eigenvalue weighted by Gasteiger charge is -2.22. The van der Waals surface area contributed by atoms with E-state index in [0.717, 1.165) is 71.2 Å². The molecule has 2 atom stereocenters. The molecule has 2 unspecified atom stereocenters. The van der Waals surface area contributed by atoms with E-state index in [1.165, 1.54) is 58.3 Å². The first-order valence-corrected chi connectivity index (χ1v) is 24.8. The molecule has 0 aromatic heterocycles. The number of benzene rings is 2. The van der Waals surface area contributed by atoms with Crippen LogP contribution in [0.3, 0.4) is 0 Å². The fraction of sp³-hybridized carbons (Fsp3) is 0.551. The number of Topliss-reactive ketones (excluding diaryl/α,β-unsaturated/α-hetero) is 1. The molecular weight excluding hydrogens is 887 g/mol. The summed E-state index contributed by atoms with van der Waals surface area (Å²) in [5, 5.41) is 2.89. The molecule has 0 heterocycles. The molecule has 2 aromatic rings. The second-order valence-corrected chi connectivity index (χ2v) is 19.1. The normalized spacial score (nSPS) is 12.2. The Morgan fingerprint density at radius 3 is 1.52 bits per heavy atom. The average molecular weight is 958 g/mol. The topological polar surface area (TPSA) is 176 Å². The average Bonchev–Trinajstić information content (AvgIpc) is 3.27. The van der Waals surface area contributed by atoms with Crippen molar-refractivity contribution in [1.82, 2.24) is 15.1 Å². The molecule has 366 valence electrons. The fourth-order valence-corrected chi connectivity index (χ4v) is 8.17. The van der Waals surface area contributed by atoms with Gasteiger partial charge in [-0.1, -0.05) is 85.7 Å². The Bertz CT molecular complexity index is 1780. The minimum absolute atomic E-state index is 0.0388. The molecule has 0 bridgehead atoms. The monoisotopic (exact) mass is 957 g/mol. The molecule has 0 aliphatic rings. The van der Waals surface area contributed by atoms with E-state index in [2.05, 4.69) is 57.3 Å². The van der Waals surface area contributed by atoms with Crippen molar-refractivity contribution in [2.24, 2.45) is 11.8 Å². The number of ether oxygens (including phenoxy) is 6. The first-order chi connectivity index (χ1) is 31.4. The number of hydrogen-bond donors (Lipinski definition) is 1. The zero-order valence-electron chi connectivity index (χ0n) is 40.4. The van der Waals surface area contributed by atoms with Crippen LogP contribution < -0.4 is 24.3 Å². The van der Waals surface area contributed by atoms with Gasteiger partial charge in [-0.05, 0) is 92.2 Å². The van der Waals surface area contributed by atoms with E-state index >= 15 is 0 Å². The maximum absolute atomic E-state index is 13.1. The van der Waals surface area contributed by atoms with Crippen LogP contribution in [0.25, 0.3) is 0 Å². The summed E-state index contributed by atoms with van der Waals surface area (Å²) in [5.41, 5.74) is 1.55. The largest absolute Gasteiger partial charge is 0.514 e. The van der Waals surface area contributed by atoms with Crippen molar-refractivity contribution in [2.75, 3.05) is 53.9 Å². The van der Waals surface area contributed by atoms with Crippen molar-refractivity contribution in [3.05, 3.63) is 71.8 Å². The molecule has 3 amide bonds. The number of carbonyl (C=O) groups excluding carboxylic acids is 6. The molecule has 15 nitrogen and oxygen atoms in total. The molecule has 0 aliphatic carbocycles. The van der Waals surface area contributed by atoms with Gasteiger partial charge in [0.05, 0.1) is 25.7 Å². The number of nitrogens with one attached hydrogen (secondary N) is 1. The van der Waals surface area contributed by atoms with Crippen LogP contribution in [-0.2, 0) is 41.6 Å². The number of rotatable bonds is 30. The van der Waals surface area contributed by atoms with Gasteiger partial charge in [0.1, 0.15) is 5.78 Å². The predicted octanol–water partition coefficient (Wildman–Crippen LogP) is 9.39. The zero-order valence-corrected chi connectivity index (χ0v) is 42.0. The Morgan fingerprint density at radius 2 is 1.06 bits per heavy atom. The summed E-state index contributed by atoms with van der Waals surface area (Å²) in [6.07, 6.45) is 11.0. The van der Waals surface area contributed by atoms with E-state index in [9.17, 15) is 28.8 Å². The Balaban J connectivity index is 1.94. The smallest absolute Gasteiger partial charge is 0.493 e. The van der Waals surface area contributed by atoms with Crippen LogP contribution in [0.1, 0.15) is 96.6 Å². The lowest BCUT2D eigenvalue weighted by molar-refractivity contribution is -0.137. The number of hydrogen-bond acceptors (Lipinski definition) is 14. The Hall–Kier alpha value is -5.16. The quantitative estimate of drug-likeness (QED) is 0.0258. The van der Waals surface area contributed by atoms with E-state index in [1.54, 1.807) is 30.3 Å². The molecule has 66 heavy (non-hydrogen) atoms. The molecular formula is C49H71N3O12S2. The van der Waals surface area contributed by atoms with Crippen molar-refractivity contribution in [3.8, 4) is 23.0 Å².